The zero-order valence-electron chi connectivity index (χ0n) is 12.8. The van der Waals surface area contributed by atoms with Gasteiger partial charge in [0, 0.05) is 11.1 Å². The van der Waals surface area contributed by atoms with E-state index >= 15 is 0 Å². The summed E-state index contributed by atoms with van der Waals surface area (Å²) in [5, 5.41) is 8.24. The second kappa shape index (κ2) is 7.57. The van der Waals surface area contributed by atoms with Gasteiger partial charge in [0.25, 0.3) is 0 Å². The molecule has 1 heterocycles. The fraction of sp³-hybridized carbons (Fsp3) is 0.0556. The SMILES string of the molecule is Nc1ccc(C=Cc2cc3ccccc3o2)cc1.O=C(O)C(F)(F)F. The van der Waals surface area contributed by atoms with Crippen molar-refractivity contribution in [3.63, 3.8) is 0 Å². The Labute approximate surface area is 141 Å². The summed E-state index contributed by atoms with van der Waals surface area (Å²) in [5.74, 6) is -1.90. The number of hydrogen-bond acceptors (Lipinski definition) is 3. The van der Waals surface area contributed by atoms with E-state index in [4.69, 9.17) is 20.1 Å². The normalized spacial score (nSPS) is 11.3. The molecule has 25 heavy (non-hydrogen) atoms. The molecule has 0 fully saturated rings. The van der Waals surface area contributed by atoms with E-state index in [0.717, 1.165) is 28.0 Å². The standard InChI is InChI=1S/C16H13NO.C2HF3O2/c17-14-8-5-12(6-9-14)7-10-15-11-13-3-1-2-4-16(13)18-15;3-2(4,5)1(6)7/h1-11H,17H2;(H,6,7). The van der Waals surface area contributed by atoms with Crippen molar-refractivity contribution in [1.82, 2.24) is 0 Å². The molecule has 7 heteroatoms. The number of nitrogen functional groups attached to an aromatic ring is 1. The first kappa shape index (κ1) is 18.1. The van der Waals surface area contributed by atoms with Crippen molar-refractivity contribution in [3.8, 4) is 0 Å². The lowest BCUT2D eigenvalue weighted by molar-refractivity contribution is -0.192. The highest BCUT2D eigenvalue weighted by atomic mass is 19.4. The van der Waals surface area contributed by atoms with Gasteiger partial charge >= 0.3 is 12.1 Å². The fourth-order valence-electron chi connectivity index (χ4n) is 1.87. The zero-order valence-corrected chi connectivity index (χ0v) is 12.8. The highest BCUT2D eigenvalue weighted by Crippen LogP contribution is 2.20. The topological polar surface area (TPSA) is 76.5 Å². The number of carbonyl (C=O) groups is 1. The van der Waals surface area contributed by atoms with Gasteiger partial charge in [0.1, 0.15) is 11.3 Å². The quantitative estimate of drug-likeness (QED) is 0.651. The number of fused-ring (bicyclic) bond motifs is 1. The number of benzene rings is 2. The van der Waals surface area contributed by atoms with E-state index in [1.54, 1.807) is 0 Å². The molecule has 1 aromatic heterocycles. The van der Waals surface area contributed by atoms with E-state index in [9.17, 15) is 13.2 Å². The number of aliphatic carboxylic acids is 1. The molecule has 0 unspecified atom stereocenters. The Morgan fingerprint density at radius 3 is 2.20 bits per heavy atom. The van der Waals surface area contributed by atoms with Crippen LogP contribution in [-0.2, 0) is 4.79 Å². The van der Waals surface area contributed by atoms with Crippen molar-refractivity contribution in [2.45, 2.75) is 6.18 Å². The number of hydrogen-bond donors (Lipinski definition) is 2. The molecule has 0 saturated heterocycles. The van der Waals surface area contributed by atoms with Crippen molar-refractivity contribution in [2.24, 2.45) is 0 Å². The molecule has 2 aromatic carbocycles. The van der Waals surface area contributed by atoms with Crippen LogP contribution in [0.4, 0.5) is 18.9 Å². The summed E-state index contributed by atoms with van der Waals surface area (Å²) in [7, 11) is 0. The van der Waals surface area contributed by atoms with Crippen LogP contribution in [0, 0.1) is 0 Å². The third-order valence-corrected chi connectivity index (χ3v) is 3.06. The maximum absolute atomic E-state index is 10.6. The minimum absolute atomic E-state index is 0.774. The van der Waals surface area contributed by atoms with Crippen molar-refractivity contribution in [2.75, 3.05) is 5.73 Å². The first-order valence-corrected chi connectivity index (χ1v) is 7.08. The lowest BCUT2D eigenvalue weighted by atomic mass is 10.2. The van der Waals surface area contributed by atoms with Gasteiger partial charge in [-0.15, -0.1) is 0 Å². The molecular formula is C18H14F3NO3. The van der Waals surface area contributed by atoms with Crippen molar-refractivity contribution < 1.29 is 27.5 Å². The first-order chi connectivity index (χ1) is 11.8. The predicted molar refractivity (Wildman–Crippen MR) is 89.7 cm³/mol. The molecule has 130 valence electrons. The van der Waals surface area contributed by atoms with E-state index in [1.165, 1.54) is 0 Å². The number of carboxylic acid groups (broad SMARTS) is 1. The second-order valence-electron chi connectivity index (χ2n) is 4.99. The van der Waals surface area contributed by atoms with Crippen LogP contribution < -0.4 is 5.73 Å². The van der Waals surface area contributed by atoms with E-state index in [1.807, 2.05) is 66.7 Å². The lowest BCUT2D eigenvalue weighted by Crippen LogP contribution is -2.21. The van der Waals surface area contributed by atoms with Crippen LogP contribution in [0.5, 0.6) is 0 Å². The summed E-state index contributed by atoms with van der Waals surface area (Å²) in [6.07, 6.45) is -1.11. The molecule has 0 saturated carbocycles. The molecule has 0 bridgehead atoms. The van der Waals surface area contributed by atoms with Gasteiger partial charge in [0.15, 0.2) is 0 Å². The molecule has 0 amide bonds. The van der Waals surface area contributed by atoms with Crippen molar-refractivity contribution >= 4 is 34.8 Å². The van der Waals surface area contributed by atoms with Gasteiger partial charge < -0.3 is 15.3 Å². The van der Waals surface area contributed by atoms with Gasteiger partial charge in [0.2, 0.25) is 0 Å². The third kappa shape index (κ3) is 5.42. The second-order valence-corrected chi connectivity index (χ2v) is 4.99. The smallest absolute Gasteiger partial charge is 0.475 e. The summed E-state index contributed by atoms with van der Waals surface area (Å²) in [4.78, 5) is 8.90. The van der Waals surface area contributed by atoms with Crippen LogP contribution in [0.25, 0.3) is 23.1 Å². The number of rotatable bonds is 2. The van der Waals surface area contributed by atoms with Crippen LogP contribution in [0.1, 0.15) is 11.3 Å². The Balaban J connectivity index is 0.000000277. The third-order valence-electron chi connectivity index (χ3n) is 3.06. The Bertz CT molecular complexity index is 847. The number of halogens is 3. The van der Waals surface area contributed by atoms with Crippen LogP contribution in [-0.4, -0.2) is 17.3 Å². The molecule has 0 aliphatic carbocycles. The summed E-state index contributed by atoms with van der Waals surface area (Å²) >= 11 is 0. The molecule has 0 atom stereocenters. The van der Waals surface area contributed by atoms with Crippen LogP contribution in [0.2, 0.25) is 0 Å². The monoisotopic (exact) mass is 349 g/mol. The zero-order chi connectivity index (χ0) is 18.4. The van der Waals surface area contributed by atoms with E-state index in [0.29, 0.717) is 0 Å². The molecular weight excluding hydrogens is 335 g/mol. The molecule has 3 rings (SSSR count). The van der Waals surface area contributed by atoms with Gasteiger partial charge in [-0.25, -0.2) is 4.79 Å². The molecule has 3 N–H and O–H groups in total. The molecule has 3 aromatic rings. The molecule has 0 aliphatic heterocycles. The van der Waals surface area contributed by atoms with Gasteiger partial charge in [-0.05, 0) is 35.9 Å². The Morgan fingerprint density at radius 2 is 1.64 bits per heavy atom. The molecule has 0 radical (unpaired) electrons. The number of furan rings is 1. The minimum atomic E-state index is -5.08. The number of anilines is 1. The average Bonchev–Trinajstić information content (AvgIpc) is 2.97. The summed E-state index contributed by atoms with van der Waals surface area (Å²) < 4.78 is 37.4. The summed E-state index contributed by atoms with van der Waals surface area (Å²) in [5.41, 5.74) is 8.43. The highest BCUT2D eigenvalue weighted by molar-refractivity contribution is 5.81. The van der Waals surface area contributed by atoms with Gasteiger partial charge in [-0.2, -0.15) is 13.2 Å². The van der Waals surface area contributed by atoms with Crippen LogP contribution in [0.3, 0.4) is 0 Å². The predicted octanol–water partition coefficient (Wildman–Crippen LogP) is 4.82. The minimum Gasteiger partial charge on any atom is -0.475 e. The number of alkyl halides is 3. The van der Waals surface area contributed by atoms with E-state index in [2.05, 4.69) is 0 Å². The molecule has 0 aliphatic rings. The first-order valence-electron chi connectivity index (χ1n) is 7.08. The van der Waals surface area contributed by atoms with Gasteiger partial charge in [-0.3, -0.25) is 0 Å². The average molecular weight is 349 g/mol. The maximum Gasteiger partial charge on any atom is 0.490 e. The number of nitrogens with two attached hydrogens (primary N) is 1. The Morgan fingerprint density at radius 1 is 1.04 bits per heavy atom. The van der Waals surface area contributed by atoms with Gasteiger partial charge in [-0.1, -0.05) is 36.4 Å². The van der Waals surface area contributed by atoms with Crippen LogP contribution in [0.15, 0.2) is 59.0 Å². The van der Waals surface area contributed by atoms with E-state index < -0.39 is 12.1 Å². The number of para-hydroxylation sites is 1. The lowest BCUT2D eigenvalue weighted by Gasteiger charge is -1.93. The molecule has 0 spiro atoms. The van der Waals surface area contributed by atoms with Crippen molar-refractivity contribution in [1.29, 1.82) is 0 Å². The van der Waals surface area contributed by atoms with Gasteiger partial charge in [0.05, 0.1) is 0 Å². The fourth-order valence-corrected chi connectivity index (χ4v) is 1.87. The van der Waals surface area contributed by atoms with Crippen LogP contribution >= 0.6 is 0 Å². The Hall–Kier alpha value is -3.22. The summed E-state index contributed by atoms with van der Waals surface area (Å²) in [6.45, 7) is 0. The number of carboxylic acids is 1. The largest absolute Gasteiger partial charge is 0.490 e. The Kier molecular flexibility index (Phi) is 5.49. The molecule has 4 nitrogen and oxygen atoms in total. The van der Waals surface area contributed by atoms with Crippen molar-refractivity contribution in [3.05, 3.63) is 65.9 Å². The highest BCUT2D eigenvalue weighted by Gasteiger charge is 2.38. The summed E-state index contributed by atoms with van der Waals surface area (Å²) in [6, 6.07) is 17.8. The van der Waals surface area contributed by atoms with E-state index in [-0.39, 0.29) is 0 Å². The maximum atomic E-state index is 10.6.